The lowest BCUT2D eigenvalue weighted by Crippen LogP contribution is -2.24. The summed E-state index contributed by atoms with van der Waals surface area (Å²) in [5.41, 5.74) is 0.167. The van der Waals surface area contributed by atoms with Crippen molar-refractivity contribution in [2.75, 3.05) is 0 Å². The van der Waals surface area contributed by atoms with Crippen LogP contribution in [0.2, 0.25) is 0 Å². The quantitative estimate of drug-likeness (QED) is 0.345. The average Bonchev–Trinajstić information content (AvgIpc) is 3.40. The number of benzene rings is 2. The Labute approximate surface area is 215 Å². The molecule has 0 atom stereocenters. The molecule has 4 rings (SSSR count). The van der Waals surface area contributed by atoms with Gasteiger partial charge < -0.3 is 9.84 Å². The van der Waals surface area contributed by atoms with Crippen molar-refractivity contribution in [2.45, 2.75) is 37.7 Å². The lowest BCUT2D eigenvalue weighted by molar-refractivity contribution is 0.00635. The van der Waals surface area contributed by atoms with Crippen LogP contribution in [0.5, 0.6) is 5.88 Å². The largest absolute Gasteiger partial charge is 0.493 e. The first kappa shape index (κ1) is 26.4. The molecule has 0 unspecified atom stereocenters. The van der Waals surface area contributed by atoms with Crippen LogP contribution in [0.15, 0.2) is 52.7 Å². The number of esters is 1. The molecule has 0 saturated heterocycles. The molecule has 2 heterocycles. The monoisotopic (exact) mass is 548 g/mol. The Morgan fingerprint density at radius 2 is 1.89 bits per heavy atom. The van der Waals surface area contributed by atoms with Gasteiger partial charge in [0.2, 0.25) is 21.0 Å². The standard InChI is InChI=1S/C24H22F2N4O5S2/c1-24(2,3)35-22(32)19-12-36-23(28-19)30-21(31)16(10-13-5-4-6-15(9-13)37(27,33)34)20(29-30)14-7-8-17(25)18(26)11-14/h4-9,11-12,31H,10H2,1-3H3,(H2,27,33,34). The second-order valence-electron chi connectivity index (χ2n) is 9.08. The second-order valence-corrected chi connectivity index (χ2v) is 11.5. The van der Waals surface area contributed by atoms with E-state index >= 15 is 0 Å². The highest BCUT2D eigenvalue weighted by Crippen LogP contribution is 2.35. The van der Waals surface area contributed by atoms with Gasteiger partial charge in [0.15, 0.2) is 17.3 Å². The lowest BCUT2D eigenvalue weighted by Gasteiger charge is -2.18. The van der Waals surface area contributed by atoms with E-state index in [1.807, 2.05) is 0 Å². The molecule has 194 valence electrons. The fraction of sp³-hybridized carbons (Fsp3) is 0.208. The number of ether oxygens (including phenoxy) is 1. The van der Waals surface area contributed by atoms with Gasteiger partial charge in [-0.25, -0.2) is 32.1 Å². The summed E-state index contributed by atoms with van der Waals surface area (Å²) in [6, 6.07) is 8.92. The van der Waals surface area contributed by atoms with Crippen LogP contribution in [0.1, 0.15) is 42.4 Å². The normalized spacial score (nSPS) is 12.1. The summed E-state index contributed by atoms with van der Waals surface area (Å²) in [5.74, 6) is -3.22. The molecule has 0 fully saturated rings. The predicted molar refractivity (Wildman–Crippen MR) is 132 cm³/mol. The van der Waals surface area contributed by atoms with Gasteiger partial charge >= 0.3 is 5.97 Å². The molecule has 37 heavy (non-hydrogen) atoms. The van der Waals surface area contributed by atoms with Gasteiger partial charge in [-0.2, -0.15) is 9.78 Å². The number of carbonyl (C=O) groups excluding carboxylic acids is 1. The molecule has 0 saturated carbocycles. The summed E-state index contributed by atoms with van der Waals surface area (Å²) in [6.07, 6.45) is -0.0339. The van der Waals surface area contributed by atoms with Gasteiger partial charge in [0.1, 0.15) is 11.3 Å². The van der Waals surface area contributed by atoms with E-state index in [-0.39, 0.29) is 44.8 Å². The van der Waals surface area contributed by atoms with Gasteiger partial charge in [0.25, 0.3) is 0 Å². The summed E-state index contributed by atoms with van der Waals surface area (Å²) in [4.78, 5) is 16.5. The minimum Gasteiger partial charge on any atom is -0.493 e. The van der Waals surface area contributed by atoms with E-state index in [4.69, 9.17) is 9.88 Å². The zero-order valence-electron chi connectivity index (χ0n) is 19.9. The first-order valence-electron chi connectivity index (χ1n) is 10.8. The highest BCUT2D eigenvalue weighted by Gasteiger charge is 2.25. The molecule has 0 aliphatic carbocycles. The summed E-state index contributed by atoms with van der Waals surface area (Å²) >= 11 is 1.00. The Hall–Kier alpha value is -3.68. The van der Waals surface area contributed by atoms with E-state index in [0.717, 1.165) is 28.2 Å². The van der Waals surface area contributed by atoms with Gasteiger partial charge in [-0.05, 0) is 56.7 Å². The molecule has 0 radical (unpaired) electrons. The number of halogens is 2. The number of thiazole rings is 1. The van der Waals surface area contributed by atoms with E-state index in [9.17, 15) is 27.1 Å². The summed E-state index contributed by atoms with van der Waals surface area (Å²) in [7, 11) is -3.98. The molecule has 2 aromatic carbocycles. The van der Waals surface area contributed by atoms with E-state index in [1.165, 1.54) is 29.6 Å². The molecule has 3 N–H and O–H groups in total. The fourth-order valence-electron chi connectivity index (χ4n) is 3.44. The third-order valence-electron chi connectivity index (χ3n) is 5.04. The van der Waals surface area contributed by atoms with E-state index < -0.39 is 33.2 Å². The topological polar surface area (TPSA) is 137 Å². The van der Waals surface area contributed by atoms with E-state index in [1.54, 1.807) is 26.8 Å². The van der Waals surface area contributed by atoms with Crippen LogP contribution < -0.4 is 5.14 Å². The highest BCUT2D eigenvalue weighted by molar-refractivity contribution is 7.89. The predicted octanol–water partition coefficient (Wildman–Crippen LogP) is 4.17. The first-order valence-corrected chi connectivity index (χ1v) is 13.2. The molecule has 4 aromatic rings. The van der Waals surface area contributed by atoms with Crippen molar-refractivity contribution in [3.05, 3.63) is 76.3 Å². The maximum atomic E-state index is 14.1. The lowest BCUT2D eigenvalue weighted by atomic mass is 10.0. The SMILES string of the molecule is CC(C)(C)OC(=O)c1csc(-n2nc(-c3ccc(F)c(F)c3)c(Cc3cccc(S(N)(=O)=O)c3)c2O)n1. The Kier molecular flexibility index (Phi) is 6.88. The minimum atomic E-state index is -3.98. The van der Waals surface area contributed by atoms with Gasteiger partial charge in [-0.1, -0.05) is 12.1 Å². The summed E-state index contributed by atoms with van der Waals surface area (Å²) in [6.45, 7) is 5.13. The van der Waals surface area contributed by atoms with Crippen LogP contribution in [0, 0.1) is 11.6 Å². The van der Waals surface area contributed by atoms with Crippen LogP contribution >= 0.6 is 11.3 Å². The van der Waals surface area contributed by atoms with Gasteiger partial charge in [-0.3, -0.25) is 0 Å². The van der Waals surface area contributed by atoms with Crippen molar-refractivity contribution >= 4 is 27.3 Å². The Morgan fingerprint density at radius 3 is 2.54 bits per heavy atom. The molecule has 0 aliphatic rings. The fourth-order valence-corrected chi connectivity index (χ4v) is 4.76. The molecule has 0 bridgehead atoms. The minimum absolute atomic E-state index is 0.00149. The van der Waals surface area contributed by atoms with E-state index in [0.29, 0.717) is 5.56 Å². The molecule has 2 aromatic heterocycles. The van der Waals surface area contributed by atoms with Crippen molar-refractivity contribution in [2.24, 2.45) is 5.14 Å². The molecule has 0 aliphatic heterocycles. The number of hydrogen-bond donors (Lipinski definition) is 2. The number of hydrogen-bond acceptors (Lipinski definition) is 8. The van der Waals surface area contributed by atoms with Crippen LogP contribution in [-0.2, 0) is 21.2 Å². The molecule has 9 nitrogen and oxygen atoms in total. The van der Waals surface area contributed by atoms with Crippen LogP contribution in [0.3, 0.4) is 0 Å². The van der Waals surface area contributed by atoms with Crippen LogP contribution in [-0.4, -0.2) is 39.9 Å². The van der Waals surface area contributed by atoms with Crippen LogP contribution in [0.4, 0.5) is 8.78 Å². The summed E-state index contributed by atoms with van der Waals surface area (Å²) in [5, 5.41) is 22.3. The van der Waals surface area contributed by atoms with Gasteiger partial charge in [-0.15, -0.1) is 11.3 Å². The number of aromatic hydroxyl groups is 1. The molecule has 0 spiro atoms. The smallest absolute Gasteiger partial charge is 0.358 e. The number of sulfonamides is 1. The summed E-state index contributed by atoms with van der Waals surface area (Å²) < 4.78 is 57.6. The zero-order valence-corrected chi connectivity index (χ0v) is 21.5. The van der Waals surface area contributed by atoms with Gasteiger partial charge in [0.05, 0.1) is 4.90 Å². The van der Waals surface area contributed by atoms with Crippen molar-refractivity contribution in [1.82, 2.24) is 14.8 Å². The van der Waals surface area contributed by atoms with Crippen molar-refractivity contribution in [3.63, 3.8) is 0 Å². The molecular formula is C24H22F2N4O5S2. The number of rotatable bonds is 6. The van der Waals surface area contributed by atoms with Crippen LogP contribution in [0.25, 0.3) is 16.4 Å². The van der Waals surface area contributed by atoms with Gasteiger partial charge in [0, 0.05) is 22.9 Å². The average molecular weight is 549 g/mol. The Morgan fingerprint density at radius 1 is 1.16 bits per heavy atom. The van der Waals surface area contributed by atoms with Crippen molar-refractivity contribution < 1.29 is 31.8 Å². The third kappa shape index (κ3) is 5.84. The second kappa shape index (κ2) is 9.65. The number of aromatic nitrogens is 3. The maximum Gasteiger partial charge on any atom is 0.358 e. The highest BCUT2D eigenvalue weighted by atomic mass is 32.2. The Bertz CT molecular complexity index is 1610. The number of carbonyl (C=O) groups is 1. The molecule has 13 heteroatoms. The number of nitrogens with two attached hydrogens (primary N) is 1. The molecular weight excluding hydrogens is 526 g/mol. The first-order chi connectivity index (χ1) is 17.2. The van der Waals surface area contributed by atoms with Crippen molar-refractivity contribution in [1.29, 1.82) is 0 Å². The number of nitrogens with zero attached hydrogens (tertiary/aromatic N) is 3. The third-order valence-corrected chi connectivity index (χ3v) is 6.77. The molecule has 0 amide bonds. The zero-order chi connectivity index (χ0) is 27.1. The van der Waals surface area contributed by atoms with E-state index in [2.05, 4.69) is 10.1 Å². The van der Waals surface area contributed by atoms with Crippen molar-refractivity contribution in [3.8, 4) is 22.3 Å². The Balaban J connectivity index is 1.81. The maximum absolute atomic E-state index is 14.1. The number of primary sulfonamides is 1.